The van der Waals surface area contributed by atoms with E-state index in [4.69, 9.17) is 28.0 Å². The fourth-order valence-electron chi connectivity index (χ4n) is 2.21. The molecule has 3 atom stereocenters. The van der Waals surface area contributed by atoms with Gasteiger partial charge in [-0.15, -0.1) is 0 Å². The lowest BCUT2D eigenvalue weighted by atomic mass is 10.1. The van der Waals surface area contributed by atoms with Crippen molar-refractivity contribution in [2.75, 3.05) is 18.8 Å². The molecule has 12 N–H and O–H groups in total. The van der Waals surface area contributed by atoms with Crippen LogP contribution in [0.2, 0.25) is 0 Å². The number of carboxylic acids is 1. The second-order valence-electron chi connectivity index (χ2n) is 6.48. The summed E-state index contributed by atoms with van der Waals surface area (Å²) >= 11 is 3.92. The quantitative estimate of drug-likeness (QED) is 0.0493. The van der Waals surface area contributed by atoms with Gasteiger partial charge in [-0.25, -0.2) is 4.79 Å². The number of carbonyl (C=O) groups excluding carboxylic acids is 4. The number of hydrogen-bond acceptors (Lipinski definition) is 8. The summed E-state index contributed by atoms with van der Waals surface area (Å²) in [4.78, 5) is 62.1. The number of guanidine groups is 1. The molecule has 0 spiro atoms. The highest BCUT2D eigenvalue weighted by Gasteiger charge is 2.25. The number of amides is 4. The molecule has 3 unspecified atom stereocenters. The van der Waals surface area contributed by atoms with Crippen molar-refractivity contribution in [3.63, 3.8) is 0 Å². The van der Waals surface area contributed by atoms with Crippen molar-refractivity contribution in [3.05, 3.63) is 0 Å². The number of aliphatic imine (C=N–C) groups is 1. The van der Waals surface area contributed by atoms with E-state index in [2.05, 4.69) is 33.6 Å². The second-order valence-corrected chi connectivity index (χ2v) is 6.85. The molecule has 0 aromatic carbocycles. The lowest BCUT2D eigenvalue weighted by Gasteiger charge is -2.20. The number of carbonyl (C=O) groups is 5. The number of carboxylic acid groups (broad SMARTS) is 1. The Labute approximate surface area is 184 Å². The predicted octanol–water partition coefficient (Wildman–Crippen LogP) is -4.27. The number of primary amides is 1. The van der Waals surface area contributed by atoms with Crippen LogP contribution in [-0.4, -0.2) is 77.6 Å². The maximum atomic E-state index is 12.4. The number of thiol groups is 1. The van der Waals surface area contributed by atoms with Crippen LogP contribution in [0.15, 0.2) is 4.99 Å². The minimum absolute atomic E-state index is 0.0540. The molecular weight excluding hydrogens is 432 g/mol. The van der Waals surface area contributed by atoms with Crippen LogP contribution < -0.4 is 38.9 Å². The highest BCUT2D eigenvalue weighted by Crippen LogP contribution is 2.01. The molecule has 0 bridgehead atoms. The van der Waals surface area contributed by atoms with Gasteiger partial charge in [0.05, 0.1) is 12.6 Å². The first kappa shape index (κ1) is 27.9. The van der Waals surface area contributed by atoms with Crippen LogP contribution in [0.25, 0.3) is 0 Å². The standard InChI is InChI=1S/C16H30N8O6S/c17-8(7-31)13(27)24-9(2-1-5-21-16(19)20)14(28)22-6-12(26)23-10(15(29)30)3-4-11(18)25/h8-10,31H,1-7,17H2,(H2,18,25)(H,22,28)(H,23,26)(H,24,27)(H,29,30)(H4,19,20,21). The second kappa shape index (κ2) is 14.8. The zero-order chi connectivity index (χ0) is 24.0. The van der Waals surface area contributed by atoms with E-state index in [0.29, 0.717) is 6.42 Å². The molecule has 0 aliphatic carbocycles. The molecule has 0 rings (SSSR count). The summed E-state index contributed by atoms with van der Waals surface area (Å²) in [6, 6.07) is -3.33. The molecule has 0 saturated carbocycles. The Hall–Kier alpha value is -3.07. The average molecular weight is 463 g/mol. The van der Waals surface area contributed by atoms with E-state index in [1.54, 1.807) is 0 Å². The van der Waals surface area contributed by atoms with Gasteiger partial charge < -0.3 is 44.0 Å². The van der Waals surface area contributed by atoms with Gasteiger partial charge in [-0.05, 0) is 19.3 Å². The largest absolute Gasteiger partial charge is 0.480 e. The van der Waals surface area contributed by atoms with Gasteiger partial charge in [0.25, 0.3) is 0 Å². The summed E-state index contributed by atoms with van der Waals surface area (Å²) in [5.74, 6) is -4.24. The van der Waals surface area contributed by atoms with Gasteiger partial charge in [-0.3, -0.25) is 24.2 Å². The zero-order valence-electron chi connectivity index (χ0n) is 16.9. The van der Waals surface area contributed by atoms with Gasteiger partial charge in [-0.1, -0.05) is 0 Å². The number of rotatable bonds is 15. The Morgan fingerprint density at radius 3 is 2.13 bits per heavy atom. The first-order valence-corrected chi connectivity index (χ1v) is 9.91. The third-order valence-electron chi connectivity index (χ3n) is 3.85. The molecule has 31 heavy (non-hydrogen) atoms. The van der Waals surface area contributed by atoms with E-state index >= 15 is 0 Å². The molecule has 0 radical (unpaired) electrons. The third-order valence-corrected chi connectivity index (χ3v) is 4.24. The van der Waals surface area contributed by atoms with Gasteiger partial charge in [0.2, 0.25) is 23.6 Å². The van der Waals surface area contributed by atoms with Gasteiger partial charge in [0.15, 0.2) is 5.96 Å². The minimum Gasteiger partial charge on any atom is -0.480 e. The van der Waals surface area contributed by atoms with Gasteiger partial charge in [-0.2, -0.15) is 12.6 Å². The summed E-state index contributed by atoms with van der Waals surface area (Å²) in [6.45, 7) is -0.348. The number of hydrogen-bond donors (Lipinski definition) is 9. The Balaban J connectivity index is 4.87. The van der Waals surface area contributed by atoms with Gasteiger partial charge in [0.1, 0.15) is 12.1 Å². The molecule has 0 fully saturated rings. The van der Waals surface area contributed by atoms with Crippen molar-refractivity contribution in [3.8, 4) is 0 Å². The molecule has 0 saturated heterocycles. The Kier molecular flexibility index (Phi) is 13.4. The SMILES string of the molecule is NC(=O)CCC(NC(=O)CNC(=O)C(CCCN=C(N)N)NC(=O)C(N)CS)C(=O)O. The van der Waals surface area contributed by atoms with Crippen molar-refractivity contribution in [1.82, 2.24) is 16.0 Å². The molecule has 0 heterocycles. The van der Waals surface area contributed by atoms with E-state index in [1.807, 2.05) is 0 Å². The molecule has 0 aliphatic rings. The van der Waals surface area contributed by atoms with Crippen LogP contribution in [0, 0.1) is 0 Å². The maximum Gasteiger partial charge on any atom is 0.326 e. The molecule has 0 aromatic heterocycles. The van der Waals surface area contributed by atoms with Crippen LogP contribution in [0.5, 0.6) is 0 Å². The first-order valence-electron chi connectivity index (χ1n) is 9.28. The monoisotopic (exact) mass is 462 g/mol. The smallest absolute Gasteiger partial charge is 0.326 e. The van der Waals surface area contributed by atoms with Crippen molar-refractivity contribution in [2.24, 2.45) is 27.9 Å². The Morgan fingerprint density at radius 1 is 0.968 bits per heavy atom. The van der Waals surface area contributed by atoms with E-state index < -0.39 is 54.3 Å². The van der Waals surface area contributed by atoms with Gasteiger partial charge in [0, 0.05) is 18.7 Å². The average Bonchev–Trinajstić information content (AvgIpc) is 2.69. The third kappa shape index (κ3) is 13.0. The van der Waals surface area contributed by atoms with Crippen molar-refractivity contribution in [2.45, 2.75) is 43.8 Å². The minimum atomic E-state index is -1.36. The first-order chi connectivity index (χ1) is 14.5. The lowest BCUT2D eigenvalue weighted by molar-refractivity contribution is -0.142. The summed E-state index contributed by atoms with van der Waals surface area (Å²) in [5.41, 5.74) is 21.0. The molecule has 0 aromatic rings. The van der Waals surface area contributed by atoms with Crippen molar-refractivity contribution < 1.29 is 29.1 Å². The Morgan fingerprint density at radius 2 is 1.61 bits per heavy atom. The van der Waals surface area contributed by atoms with Crippen LogP contribution in [0.4, 0.5) is 0 Å². The lowest BCUT2D eigenvalue weighted by Crippen LogP contribution is -2.53. The van der Waals surface area contributed by atoms with E-state index in [-0.39, 0.29) is 37.5 Å². The van der Waals surface area contributed by atoms with Crippen LogP contribution in [0.3, 0.4) is 0 Å². The highest BCUT2D eigenvalue weighted by molar-refractivity contribution is 7.80. The topological polar surface area (TPSA) is 258 Å². The van der Waals surface area contributed by atoms with E-state index in [0.717, 1.165) is 0 Å². The molecule has 14 nitrogen and oxygen atoms in total. The normalized spacial score (nSPS) is 13.2. The molecule has 4 amide bonds. The van der Waals surface area contributed by atoms with Gasteiger partial charge >= 0.3 is 5.97 Å². The molecule has 0 aliphatic heterocycles. The van der Waals surface area contributed by atoms with Crippen LogP contribution in [-0.2, 0) is 24.0 Å². The number of nitrogens with two attached hydrogens (primary N) is 4. The highest BCUT2D eigenvalue weighted by atomic mass is 32.1. The fraction of sp³-hybridized carbons (Fsp3) is 0.625. The molecule has 176 valence electrons. The molecular formula is C16H30N8O6S. The number of aliphatic carboxylic acids is 1. The summed E-state index contributed by atoms with van der Waals surface area (Å²) in [7, 11) is 0. The van der Waals surface area contributed by atoms with E-state index in [9.17, 15) is 24.0 Å². The summed E-state index contributed by atoms with van der Waals surface area (Å²) < 4.78 is 0. The fourth-order valence-corrected chi connectivity index (χ4v) is 2.38. The predicted molar refractivity (Wildman–Crippen MR) is 115 cm³/mol. The van der Waals surface area contributed by atoms with E-state index in [1.165, 1.54) is 0 Å². The zero-order valence-corrected chi connectivity index (χ0v) is 17.8. The maximum absolute atomic E-state index is 12.4. The van der Waals surface area contributed by atoms with Crippen molar-refractivity contribution in [1.29, 1.82) is 0 Å². The van der Waals surface area contributed by atoms with Crippen LogP contribution in [0.1, 0.15) is 25.7 Å². The summed E-state index contributed by atoms with van der Waals surface area (Å²) in [5, 5.41) is 16.0. The number of nitrogens with one attached hydrogen (secondary N) is 3. The number of nitrogens with zero attached hydrogens (tertiary/aromatic N) is 1. The molecule has 15 heteroatoms. The Bertz CT molecular complexity index is 685. The summed E-state index contributed by atoms with van der Waals surface area (Å²) in [6.07, 6.45) is 0.0484. The van der Waals surface area contributed by atoms with Crippen LogP contribution >= 0.6 is 12.6 Å². The van der Waals surface area contributed by atoms with Crippen molar-refractivity contribution >= 4 is 48.2 Å².